The van der Waals surface area contributed by atoms with Gasteiger partial charge in [-0.15, -0.1) is 0 Å². The van der Waals surface area contributed by atoms with Crippen molar-refractivity contribution in [2.24, 2.45) is 5.41 Å². The molecule has 1 aromatic heterocycles. The number of aromatic nitrogens is 1. The predicted octanol–water partition coefficient (Wildman–Crippen LogP) is 2.80. The van der Waals surface area contributed by atoms with Gasteiger partial charge < -0.3 is 4.57 Å². The van der Waals surface area contributed by atoms with Crippen molar-refractivity contribution in [2.45, 2.75) is 51.8 Å². The van der Waals surface area contributed by atoms with E-state index in [1.165, 1.54) is 0 Å². The molecule has 0 saturated heterocycles. The number of nitrogens with zero attached hydrogens (tertiary/aromatic N) is 1. The summed E-state index contributed by atoms with van der Waals surface area (Å²) in [6.07, 6.45) is 6.24. The van der Waals surface area contributed by atoms with Crippen LogP contribution in [0.25, 0.3) is 0 Å². The van der Waals surface area contributed by atoms with E-state index < -0.39 is 10.8 Å². The topological polar surface area (TPSA) is 39.1 Å². The van der Waals surface area contributed by atoms with Gasteiger partial charge in [0, 0.05) is 52.7 Å². The van der Waals surface area contributed by atoms with Gasteiger partial charge >= 0.3 is 0 Å². The van der Waals surface area contributed by atoms with E-state index >= 15 is 0 Å². The van der Waals surface area contributed by atoms with E-state index in [4.69, 9.17) is 0 Å². The van der Waals surface area contributed by atoms with Crippen LogP contribution in [0.3, 0.4) is 0 Å². The number of carbonyl (C=O) groups excluding carboxylic acids is 1. The van der Waals surface area contributed by atoms with E-state index in [0.29, 0.717) is 6.42 Å². The fraction of sp³-hybridized carbons (Fsp3) is 0.667. The molecule has 2 atom stereocenters. The Labute approximate surface area is 117 Å². The third-order valence-corrected chi connectivity index (χ3v) is 5.38. The van der Waals surface area contributed by atoms with Crippen LogP contribution in [0.1, 0.15) is 49.7 Å². The highest BCUT2D eigenvalue weighted by molar-refractivity contribution is 7.84. The lowest BCUT2D eigenvalue weighted by atomic mass is 9.76. The van der Waals surface area contributed by atoms with Crippen LogP contribution < -0.4 is 0 Å². The molecular weight excluding hydrogens is 258 g/mol. The predicted molar refractivity (Wildman–Crippen MR) is 79.0 cm³/mol. The lowest BCUT2D eigenvalue weighted by Crippen LogP contribution is -2.28. The van der Waals surface area contributed by atoms with Gasteiger partial charge in [0.2, 0.25) is 0 Å². The van der Waals surface area contributed by atoms with E-state index in [-0.39, 0.29) is 16.4 Å². The molecule has 0 N–H and O–H groups in total. The Morgan fingerprint density at radius 2 is 2.11 bits per heavy atom. The SMILES string of the molecule is CC(CCn1ccc2c1CC(C)(C)CC2=O)S(C)=O. The molecule has 1 heterocycles. The molecule has 0 aliphatic heterocycles. The van der Waals surface area contributed by atoms with Crippen LogP contribution >= 0.6 is 0 Å². The molecule has 19 heavy (non-hydrogen) atoms. The van der Waals surface area contributed by atoms with Gasteiger partial charge in [-0.2, -0.15) is 0 Å². The molecule has 2 rings (SSSR count). The summed E-state index contributed by atoms with van der Waals surface area (Å²) in [5.74, 6) is 0.261. The molecule has 3 nitrogen and oxygen atoms in total. The number of carbonyl (C=O) groups is 1. The number of fused-ring (bicyclic) bond motifs is 1. The van der Waals surface area contributed by atoms with Crippen molar-refractivity contribution in [1.82, 2.24) is 4.57 Å². The molecule has 1 aliphatic rings. The molecular formula is C15H23NO2S. The van der Waals surface area contributed by atoms with Crippen molar-refractivity contribution in [3.05, 3.63) is 23.5 Å². The second-order valence-electron chi connectivity index (χ2n) is 6.41. The Kier molecular flexibility index (Phi) is 4.00. The number of ketones is 1. The Morgan fingerprint density at radius 1 is 1.42 bits per heavy atom. The van der Waals surface area contributed by atoms with Crippen LogP contribution in [0.4, 0.5) is 0 Å². The summed E-state index contributed by atoms with van der Waals surface area (Å²) in [6, 6.07) is 1.94. The Bertz CT molecular complexity index is 516. The normalized spacial score (nSPS) is 20.9. The van der Waals surface area contributed by atoms with Crippen LogP contribution in [0.5, 0.6) is 0 Å². The smallest absolute Gasteiger partial charge is 0.165 e. The number of hydrogen-bond acceptors (Lipinski definition) is 2. The number of hydrogen-bond donors (Lipinski definition) is 0. The second kappa shape index (κ2) is 5.23. The van der Waals surface area contributed by atoms with E-state index in [1.54, 1.807) is 6.26 Å². The highest BCUT2D eigenvalue weighted by Gasteiger charge is 2.32. The minimum absolute atomic E-state index is 0.0549. The molecule has 0 fully saturated rings. The van der Waals surface area contributed by atoms with Crippen LogP contribution in [-0.2, 0) is 23.8 Å². The Hall–Kier alpha value is -0.900. The van der Waals surface area contributed by atoms with Crippen molar-refractivity contribution < 1.29 is 9.00 Å². The molecule has 0 bridgehead atoms. The summed E-state index contributed by atoms with van der Waals surface area (Å²) in [5, 5.41) is 0.199. The first-order valence-electron chi connectivity index (χ1n) is 6.83. The minimum atomic E-state index is -0.776. The molecule has 0 amide bonds. The number of rotatable bonds is 4. The molecule has 1 aromatic rings. The van der Waals surface area contributed by atoms with Gasteiger partial charge in [-0.25, -0.2) is 0 Å². The van der Waals surface area contributed by atoms with E-state index in [2.05, 4.69) is 18.4 Å². The molecule has 0 saturated carbocycles. The number of aryl methyl sites for hydroxylation is 1. The third-order valence-electron chi connectivity index (χ3n) is 4.01. The van der Waals surface area contributed by atoms with E-state index in [9.17, 15) is 9.00 Å². The van der Waals surface area contributed by atoms with Crippen LogP contribution in [0.2, 0.25) is 0 Å². The fourth-order valence-corrected chi connectivity index (χ4v) is 3.14. The van der Waals surface area contributed by atoms with Gasteiger partial charge in [0.25, 0.3) is 0 Å². The van der Waals surface area contributed by atoms with Crippen LogP contribution in [0, 0.1) is 5.41 Å². The van der Waals surface area contributed by atoms with Crippen molar-refractivity contribution in [1.29, 1.82) is 0 Å². The molecule has 2 unspecified atom stereocenters. The fourth-order valence-electron chi connectivity index (χ4n) is 2.70. The quantitative estimate of drug-likeness (QED) is 0.851. The van der Waals surface area contributed by atoms with Crippen molar-refractivity contribution in [3.8, 4) is 0 Å². The molecule has 1 aliphatic carbocycles. The largest absolute Gasteiger partial charge is 0.351 e. The standard InChI is InChI=1S/C15H23NO2S/c1-11(19(4)18)5-7-16-8-6-12-13(16)9-15(2,3)10-14(12)17/h6,8,11H,5,7,9-10H2,1-4H3. The molecule has 4 heteroatoms. The summed E-state index contributed by atoms with van der Waals surface area (Å²) in [5.41, 5.74) is 2.11. The maximum atomic E-state index is 12.1. The first-order valence-corrected chi connectivity index (χ1v) is 8.46. The summed E-state index contributed by atoms with van der Waals surface area (Å²) in [6.45, 7) is 7.16. The van der Waals surface area contributed by atoms with Crippen molar-refractivity contribution >= 4 is 16.6 Å². The number of Topliss-reactive ketones (excluding diaryl/α,β-unsaturated/α-hetero) is 1. The van der Waals surface area contributed by atoms with Crippen molar-refractivity contribution in [2.75, 3.05) is 6.26 Å². The molecule has 0 radical (unpaired) electrons. The maximum Gasteiger partial charge on any atom is 0.165 e. The summed E-state index contributed by atoms with van der Waals surface area (Å²) in [7, 11) is -0.776. The Balaban J connectivity index is 2.17. The van der Waals surface area contributed by atoms with E-state index in [1.807, 2.05) is 19.2 Å². The maximum absolute atomic E-state index is 12.1. The Morgan fingerprint density at radius 3 is 2.74 bits per heavy atom. The molecule has 0 spiro atoms. The average molecular weight is 281 g/mol. The average Bonchev–Trinajstić information content (AvgIpc) is 2.67. The highest BCUT2D eigenvalue weighted by Crippen LogP contribution is 2.35. The summed E-state index contributed by atoms with van der Waals surface area (Å²) in [4.78, 5) is 12.1. The highest BCUT2D eigenvalue weighted by atomic mass is 32.2. The van der Waals surface area contributed by atoms with Gasteiger partial charge in [0.05, 0.1) is 0 Å². The lowest BCUT2D eigenvalue weighted by molar-refractivity contribution is 0.0910. The van der Waals surface area contributed by atoms with Gasteiger partial charge in [0.1, 0.15) is 0 Å². The molecule has 0 aromatic carbocycles. The zero-order valence-corrected chi connectivity index (χ0v) is 13.0. The molecule has 106 valence electrons. The first kappa shape index (κ1) is 14.5. The van der Waals surface area contributed by atoms with Gasteiger partial charge in [0.15, 0.2) is 5.78 Å². The zero-order chi connectivity index (χ0) is 14.2. The summed E-state index contributed by atoms with van der Waals surface area (Å²) < 4.78 is 13.6. The van der Waals surface area contributed by atoms with Crippen molar-refractivity contribution in [3.63, 3.8) is 0 Å². The van der Waals surface area contributed by atoms with Crippen LogP contribution in [-0.4, -0.2) is 26.1 Å². The monoisotopic (exact) mass is 281 g/mol. The first-order chi connectivity index (χ1) is 8.80. The van der Waals surface area contributed by atoms with Gasteiger partial charge in [-0.3, -0.25) is 9.00 Å². The summed E-state index contributed by atoms with van der Waals surface area (Å²) >= 11 is 0. The van der Waals surface area contributed by atoms with Gasteiger partial charge in [-0.1, -0.05) is 20.8 Å². The lowest BCUT2D eigenvalue weighted by Gasteiger charge is -2.29. The third kappa shape index (κ3) is 3.16. The van der Waals surface area contributed by atoms with Gasteiger partial charge in [-0.05, 0) is 24.3 Å². The van der Waals surface area contributed by atoms with Crippen LogP contribution in [0.15, 0.2) is 12.3 Å². The second-order valence-corrected chi connectivity index (χ2v) is 8.21. The van der Waals surface area contributed by atoms with E-state index in [0.717, 1.165) is 30.6 Å². The minimum Gasteiger partial charge on any atom is -0.351 e. The zero-order valence-electron chi connectivity index (χ0n) is 12.2.